The van der Waals surface area contributed by atoms with Crippen molar-refractivity contribution in [3.8, 4) is 0 Å². The molecule has 0 saturated carbocycles. The van der Waals surface area contributed by atoms with E-state index in [0.717, 1.165) is 17.8 Å². The number of ether oxygens (including phenoxy) is 1. The second kappa shape index (κ2) is 8.11. The minimum Gasteiger partial charge on any atom is -0.465 e. The number of anilines is 1. The molecule has 0 heterocycles. The molecular formula is C13H15ClFNO3S. The monoisotopic (exact) mass is 319 g/mol. The van der Waals surface area contributed by atoms with Gasteiger partial charge >= 0.3 is 5.97 Å². The molecule has 1 unspecified atom stereocenters. The van der Waals surface area contributed by atoms with E-state index in [-0.39, 0.29) is 22.7 Å². The van der Waals surface area contributed by atoms with Crippen molar-refractivity contribution in [1.82, 2.24) is 0 Å². The van der Waals surface area contributed by atoms with Gasteiger partial charge in [-0.1, -0.05) is 11.6 Å². The van der Waals surface area contributed by atoms with Crippen molar-refractivity contribution in [2.24, 2.45) is 0 Å². The molecule has 1 rings (SSSR count). The molecule has 0 aliphatic carbocycles. The second-order valence-corrected chi connectivity index (χ2v) is 5.61. The number of carbonyl (C=O) groups is 2. The number of nitrogens with one attached hydrogen (secondary N) is 1. The minimum absolute atomic E-state index is 0.0968. The van der Waals surface area contributed by atoms with Gasteiger partial charge in [0.25, 0.3) is 0 Å². The maximum atomic E-state index is 12.9. The average molecular weight is 320 g/mol. The molecule has 1 aromatic rings. The van der Waals surface area contributed by atoms with Crippen LogP contribution in [0.2, 0.25) is 5.02 Å². The van der Waals surface area contributed by atoms with Crippen LogP contribution < -0.4 is 5.32 Å². The zero-order valence-electron chi connectivity index (χ0n) is 11.1. The zero-order chi connectivity index (χ0) is 15.1. The number of carbonyl (C=O) groups excluding carboxylic acids is 2. The van der Waals surface area contributed by atoms with Crippen LogP contribution in [0, 0.1) is 5.82 Å². The number of hydrogen-bond acceptors (Lipinski definition) is 4. The van der Waals surface area contributed by atoms with Crippen molar-refractivity contribution >= 4 is 40.9 Å². The first kappa shape index (κ1) is 16.8. The van der Waals surface area contributed by atoms with Gasteiger partial charge in [-0.2, -0.15) is 0 Å². The Balaban J connectivity index is 2.51. The Hall–Kier alpha value is -1.27. The fourth-order valence-corrected chi connectivity index (χ4v) is 2.19. The molecule has 1 aromatic carbocycles. The van der Waals surface area contributed by atoms with Crippen molar-refractivity contribution < 1.29 is 18.7 Å². The second-order valence-electron chi connectivity index (χ2n) is 3.87. The summed E-state index contributed by atoms with van der Waals surface area (Å²) in [7, 11) is 0. The highest BCUT2D eigenvalue weighted by Gasteiger charge is 2.16. The van der Waals surface area contributed by atoms with Crippen molar-refractivity contribution in [2.75, 3.05) is 17.7 Å². The van der Waals surface area contributed by atoms with Crippen LogP contribution in [0.3, 0.4) is 0 Å². The summed E-state index contributed by atoms with van der Waals surface area (Å²) in [5.41, 5.74) is 0.335. The molecule has 0 saturated heterocycles. The van der Waals surface area contributed by atoms with Crippen LogP contribution in [-0.4, -0.2) is 29.5 Å². The van der Waals surface area contributed by atoms with Crippen molar-refractivity contribution in [3.05, 3.63) is 29.0 Å². The highest BCUT2D eigenvalue weighted by Crippen LogP contribution is 2.23. The maximum Gasteiger partial charge on any atom is 0.315 e. The summed E-state index contributed by atoms with van der Waals surface area (Å²) in [6.45, 7) is 3.69. The Labute approximate surface area is 126 Å². The highest BCUT2D eigenvalue weighted by atomic mass is 35.5. The lowest BCUT2D eigenvalue weighted by Gasteiger charge is -2.12. The van der Waals surface area contributed by atoms with E-state index in [4.69, 9.17) is 16.3 Å². The van der Waals surface area contributed by atoms with E-state index in [1.54, 1.807) is 13.8 Å². The molecule has 0 aliphatic heterocycles. The third kappa shape index (κ3) is 5.38. The smallest absolute Gasteiger partial charge is 0.315 e. The normalized spacial score (nSPS) is 11.8. The van der Waals surface area contributed by atoms with Gasteiger partial charge in [0.05, 0.1) is 28.3 Å². The summed E-state index contributed by atoms with van der Waals surface area (Å²) >= 11 is 6.97. The van der Waals surface area contributed by atoms with Crippen molar-refractivity contribution in [3.63, 3.8) is 0 Å². The van der Waals surface area contributed by atoms with Crippen molar-refractivity contribution in [2.45, 2.75) is 19.1 Å². The molecule has 110 valence electrons. The number of esters is 1. The Morgan fingerprint density at radius 2 is 2.20 bits per heavy atom. The lowest BCUT2D eigenvalue weighted by Crippen LogP contribution is -2.24. The van der Waals surface area contributed by atoms with Crippen LogP contribution >= 0.6 is 23.4 Å². The summed E-state index contributed by atoms with van der Waals surface area (Å²) in [5.74, 6) is -1.05. The molecule has 0 bridgehead atoms. The van der Waals surface area contributed by atoms with Crippen molar-refractivity contribution in [1.29, 1.82) is 0 Å². The van der Waals surface area contributed by atoms with Gasteiger partial charge in [-0.05, 0) is 32.0 Å². The number of rotatable bonds is 6. The van der Waals surface area contributed by atoms with E-state index >= 15 is 0 Å². The van der Waals surface area contributed by atoms with Gasteiger partial charge in [-0.15, -0.1) is 11.8 Å². The minimum atomic E-state index is -0.474. The molecule has 1 amide bonds. The number of amides is 1. The van der Waals surface area contributed by atoms with Crippen LogP contribution in [0.4, 0.5) is 10.1 Å². The highest BCUT2D eigenvalue weighted by molar-refractivity contribution is 8.01. The van der Waals surface area contributed by atoms with Gasteiger partial charge in [0.1, 0.15) is 5.82 Å². The molecule has 7 heteroatoms. The predicted octanol–water partition coefficient (Wildman–Crippen LogP) is 3.10. The van der Waals surface area contributed by atoms with Gasteiger partial charge in [-0.3, -0.25) is 9.59 Å². The topological polar surface area (TPSA) is 55.4 Å². The van der Waals surface area contributed by atoms with E-state index < -0.39 is 11.1 Å². The third-order valence-electron chi connectivity index (χ3n) is 2.31. The summed E-state index contributed by atoms with van der Waals surface area (Å²) in [6, 6.07) is 3.71. The maximum absolute atomic E-state index is 12.9. The van der Waals surface area contributed by atoms with E-state index in [1.165, 1.54) is 12.1 Å². The molecule has 0 aliphatic rings. The lowest BCUT2D eigenvalue weighted by molar-refractivity contribution is -0.139. The predicted molar refractivity (Wildman–Crippen MR) is 78.6 cm³/mol. The van der Waals surface area contributed by atoms with Gasteiger partial charge < -0.3 is 10.1 Å². The molecule has 1 atom stereocenters. The molecule has 4 nitrogen and oxygen atoms in total. The van der Waals surface area contributed by atoms with Crippen LogP contribution in [0.1, 0.15) is 13.8 Å². The molecule has 0 aromatic heterocycles. The number of hydrogen-bond donors (Lipinski definition) is 1. The van der Waals surface area contributed by atoms with Crippen LogP contribution in [-0.2, 0) is 14.3 Å². The van der Waals surface area contributed by atoms with E-state index in [9.17, 15) is 14.0 Å². The largest absolute Gasteiger partial charge is 0.465 e. The zero-order valence-corrected chi connectivity index (χ0v) is 12.7. The average Bonchev–Trinajstić information content (AvgIpc) is 2.39. The van der Waals surface area contributed by atoms with Gasteiger partial charge in [0, 0.05) is 0 Å². The molecule has 1 N–H and O–H groups in total. The summed E-state index contributed by atoms with van der Waals surface area (Å²) in [6.07, 6.45) is 0. The summed E-state index contributed by atoms with van der Waals surface area (Å²) < 4.78 is 17.6. The van der Waals surface area contributed by atoms with Crippen LogP contribution in [0.25, 0.3) is 0 Å². The van der Waals surface area contributed by atoms with Gasteiger partial charge in [0.15, 0.2) is 0 Å². The van der Waals surface area contributed by atoms with Gasteiger partial charge in [0.2, 0.25) is 5.91 Å². The van der Waals surface area contributed by atoms with E-state index in [0.29, 0.717) is 12.3 Å². The first-order chi connectivity index (χ1) is 9.43. The van der Waals surface area contributed by atoms with E-state index in [1.807, 2.05) is 0 Å². The molecule has 0 spiro atoms. The Morgan fingerprint density at radius 1 is 1.50 bits per heavy atom. The Morgan fingerprint density at radius 3 is 2.80 bits per heavy atom. The van der Waals surface area contributed by atoms with Crippen LogP contribution in [0.15, 0.2) is 18.2 Å². The summed E-state index contributed by atoms with van der Waals surface area (Å²) in [4.78, 5) is 23.1. The third-order valence-corrected chi connectivity index (χ3v) is 3.74. The lowest BCUT2D eigenvalue weighted by atomic mass is 10.3. The molecule has 20 heavy (non-hydrogen) atoms. The standard InChI is InChI=1S/C13H15ClFNO3S/c1-3-19-12(17)7-20-8(2)13(18)16-11-5-4-9(15)6-10(11)14/h4-6,8H,3,7H2,1-2H3,(H,16,18). The van der Waals surface area contributed by atoms with E-state index in [2.05, 4.69) is 5.32 Å². The Bertz CT molecular complexity index is 499. The number of thioether (sulfide) groups is 1. The quantitative estimate of drug-likeness (QED) is 0.819. The first-order valence-corrected chi connectivity index (χ1v) is 7.39. The fourth-order valence-electron chi connectivity index (χ4n) is 1.30. The SMILES string of the molecule is CCOC(=O)CSC(C)C(=O)Nc1ccc(F)cc1Cl. The first-order valence-electron chi connectivity index (χ1n) is 5.97. The molecule has 0 fully saturated rings. The molecular weight excluding hydrogens is 305 g/mol. The Kier molecular flexibility index (Phi) is 6.81. The van der Waals surface area contributed by atoms with Gasteiger partial charge in [-0.25, -0.2) is 4.39 Å². The molecule has 0 radical (unpaired) electrons. The number of halogens is 2. The van der Waals surface area contributed by atoms with Crippen LogP contribution in [0.5, 0.6) is 0 Å². The fraction of sp³-hybridized carbons (Fsp3) is 0.385. The number of benzene rings is 1. The summed E-state index contributed by atoms with van der Waals surface area (Å²) in [5, 5.41) is 2.25.